The zero-order chi connectivity index (χ0) is 33.8. The molecule has 2 aromatic rings. The van der Waals surface area contributed by atoms with E-state index in [0.717, 1.165) is 30.5 Å². The van der Waals surface area contributed by atoms with Gasteiger partial charge in [-0.15, -0.1) is 13.2 Å². The van der Waals surface area contributed by atoms with Gasteiger partial charge in [0, 0.05) is 13.1 Å². The van der Waals surface area contributed by atoms with Gasteiger partial charge in [-0.05, 0) is 80.6 Å². The highest BCUT2D eigenvalue weighted by atomic mass is 19.4. The van der Waals surface area contributed by atoms with Crippen LogP contribution < -0.4 is 29.7 Å². The zero-order valence-electron chi connectivity index (χ0n) is 25.3. The van der Waals surface area contributed by atoms with Crippen molar-refractivity contribution >= 4 is 23.8 Å². The lowest BCUT2D eigenvalue weighted by atomic mass is 10.1. The molecular weight excluding hydrogens is 599 g/mol. The van der Waals surface area contributed by atoms with Gasteiger partial charge in [0.05, 0.1) is 19.9 Å². The number of alkyl halides is 3. The van der Waals surface area contributed by atoms with Gasteiger partial charge >= 0.3 is 24.3 Å². The highest BCUT2D eigenvalue weighted by molar-refractivity contribution is 5.88. The molecule has 4 N–H and O–H groups in total. The number of carboxylic acid groups (broad SMARTS) is 2. The third kappa shape index (κ3) is 14.5. The summed E-state index contributed by atoms with van der Waals surface area (Å²) >= 11 is 0. The molecule has 0 aliphatic rings. The maximum Gasteiger partial charge on any atom is 0.490 e. The van der Waals surface area contributed by atoms with Crippen molar-refractivity contribution in [2.45, 2.75) is 38.3 Å². The first-order valence-corrected chi connectivity index (χ1v) is 13.9. The van der Waals surface area contributed by atoms with Crippen LogP contribution in [0.25, 0.3) is 0 Å². The number of hydrogen-bond donors (Lipinski definition) is 4. The molecule has 0 aliphatic heterocycles. The molecular formula is C31H40F3N3O8. The van der Waals surface area contributed by atoms with Gasteiger partial charge in [0.2, 0.25) is 0 Å². The van der Waals surface area contributed by atoms with Crippen LogP contribution in [-0.4, -0.2) is 74.9 Å². The molecule has 0 fully saturated rings. The fourth-order valence-corrected chi connectivity index (χ4v) is 3.84. The first-order valence-electron chi connectivity index (χ1n) is 13.9. The number of hydrogen-bond acceptors (Lipinski definition) is 7. The molecule has 0 radical (unpaired) electrons. The highest BCUT2D eigenvalue weighted by Crippen LogP contribution is 2.30. The number of methoxy groups -OCH3 is 2. The van der Waals surface area contributed by atoms with Gasteiger partial charge in [0.25, 0.3) is 0 Å². The van der Waals surface area contributed by atoms with Gasteiger partial charge in [0.15, 0.2) is 11.5 Å². The van der Waals surface area contributed by atoms with Crippen molar-refractivity contribution in [2.75, 3.05) is 45.3 Å². The van der Waals surface area contributed by atoms with Crippen molar-refractivity contribution in [3.8, 4) is 17.2 Å². The average molecular weight is 640 g/mol. The van der Waals surface area contributed by atoms with E-state index in [0.29, 0.717) is 61.8 Å². The van der Waals surface area contributed by atoms with Gasteiger partial charge in [-0.25, -0.2) is 14.4 Å². The average Bonchev–Trinajstić information content (AvgIpc) is 2.99. The standard InChI is InChI=1S/C29H39N3O6.C2HF3O2/c1-5-10-22-12-14-24(26(20-22)36-3)32(29(34)35)19-9-17-30-16-7-8-18-31-28(33)38-25-15-13-23(11-6-2)21-27(25)37-4;3-2(4,5)1(6)7/h5-6,12-15,20-21,30H,1-2,7-11,16-19H2,3-4H3,(H,31,33)(H,34,35);(H,6,7). The Bertz CT molecular complexity index is 1270. The van der Waals surface area contributed by atoms with Crippen LogP contribution in [0.1, 0.15) is 30.4 Å². The van der Waals surface area contributed by atoms with Crippen molar-refractivity contribution < 1.29 is 52.0 Å². The lowest BCUT2D eigenvalue weighted by Crippen LogP contribution is -2.32. The molecule has 0 spiro atoms. The summed E-state index contributed by atoms with van der Waals surface area (Å²) in [6.07, 6.45) is 0.591. The Morgan fingerprint density at radius 3 is 1.91 bits per heavy atom. The Labute approximate surface area is 260 Å². The minimum atomic E-state index is -5.08. The monoisotopic (exact) mass is 639 g/mol. The maximum absolute atomic E-state index is 12.1. The van der Waals surface area contributed by atoms with Crippen molar-refractivity contribution in [1.82, 2.24) is 10.6 Å². The number of ether oxygens (including phenoxy) is 3. The molecule has 0 saturated heterocycles. The number of carbonyl (C=O) groups is 3. The Hall–Kier alpha value is -4.72. The summed E-state index contributed by atoms with van der Waals surface area (Å²) in [7, 11) is 3.06. The third-order valence-electron chi connectivity index (χ3n) is 5.98. The molecule has 0 aliphatic carbocycles. The van der Waals surface area contributed by atoms with E-state index in [2.05, 4.69) is 23.8 Å². The van der Waals surface area contributed by atoms with Gasteiger partial charge in [-0.2, -0.15) is 13.2 Å². The second-order valence-corrected chi connectivity index (χ2v) is 9.34. The van der Waals surface area contributed by atoms with E-state index >= 15 is 0 Å². The summed E-state index contributed by atoms with van der Waals surface area (Å²) in [6.45, 7) is 9.68. The normalized spacial score (nSPS) is 10.5. The number of aliphatic carboxylic acids is 1. The first kappa shape index (κ1) is 38.3. The van der Waals surface area contributed by atoms with E-state index in [4.69, 9.17) is 24.1 Å². The lowest BCUT2D eigenvalue weighted by Gasteiger charge is -2.22. The molecule has 0 unspecified atom stereocenters. The van der Waals surface area contributed by atoms with Gasteiger partial charge in [-0.3, -0.25) is 4.90 Å². The Morgan fingerprint density at radius 2 is 1.38 bits per heavy atom. The number of carbonyl (C=O) groups excluding carboxylic acids is 1. The number of allylic oxidation sites excluding steroid dienone is 2. The molecule has 11 nitrogen and oxygen atoms in total. The van der Waals surface area contributed by atoms with Crippen molar-refractivity contribution in [3.05, 3.63) is 72.8 Å². The summed E-state index contributed by atoms with van der Waals surface area (Å²) in [5.74, 6) is -1.38. The molecule has 248 valence electrons. The van der Waals surface area contributed by atoms with Gasteiger partial charge in [0.1, 0.15) is 5.75 Å². The van der Waals surface area contributed by atoms with E-state index in [-0.39, 0.29) is 0 Å². The summed E-state index contributed by atoms with van der Waals surface area (Å²) in [6, 6.07) is 10.9. The molecule has 2 aromatic carbocycles. The van der Waals surface area contributed by atoms with Crippen LogP contribution in [0.4, 0.5) is 28.4 Å². The Balaban J connectivity index is 0.00000129. The third-order valence-corrected chi connectivity index (χ3v) is 5.98. The van der Waals surface area contributed by atoms with Crippen molar-refractivity contribution in [1.29, 1.82) is 0 Å². The molecule has 2 amide bonds. The first-order chi connectivity index (χ1) is 21.4. The van der Waals surface area contributed by atoms with Crippen LogP contribution in [-0.2, 0) is 17.6 Å². The molecule has 45 heavy (non-hydrogen) atoms. The largest absolute Gasteiger partial charge is 0.495 e. The second-order valence-electron chi connectivity index (χ2n) is 9.34. The van der Waals surface area contributed by atoms with E-state index < -0.39 is 24.3 Å². The van der Waals surface area contributed by atoms with Crippen LogP contribution in [0, 0.1) is 0 Å². The number of benzene rings is 2. The number of carboxylic acids is 1. The Morgan fingerprint density at radius 1 is 0.844 bits per heavy atom. The molecule has 2 rings (SSSR count). The van der Waals surface area contributed by atoms with Crippen LogP contribution >= 0.6 is 0 Å². The van der Waals surface area contributed by atoms with Crippen molar-refractivity contribution in [3.63, 3.8) is 0 Å². The van der Waals surface area contributed by atoms with E-state index in [1.54, 1.807) is 24.3 Å². The number of rotatable bonds is 17. The fraction of sp³-hybridized carbons (Fsp3) is 0.387. The second kappa shape index (κ2) is 20.3. The zero-order valence-corrected chi connectivity index (χ0v) is 25.3. The summed E-state index contributed by atoms with van der Waals surface area (Å²) < 4.78 is 47.8. The topological polar surface area (TPSA) is 147 Å². The van der Waals surface area contributed by atoms with Crippen LogP contribution in [0.5, 0.6) is 17.2 Å². The number of anilines is 1. The summed E-state index contributed by atoms with van der Waals surface area (Å²) in [5, 5.41) is 22.9. The van der Waals surface area contributed by atoms with Crippen LogP contribution in [0.3, 0.4) is 0 Å². The van der Waals surface area contributed by atoms with E-state index in [1.165, 1.54) is 19.1 Å². The minimum Gasteiger partial charge on any atom is -0.495 e. The fourth-order valence-electron chi connectivity index (χ4n) is 3.84. The number of nitrogens with zero attached hydrogens (tertiary/aromatic N) is 1. The SMILES string of the molecule is C=CCc1ccc(OC(=O)NCCCCNCCCN(C(=O)O)c2ccc(CC=C)cc2OC)c(OC)c1.O=C(O)C(F)(F)F. The number of halogens is 3. The molecule has 0 aromatic heterocycles. The van der Waals surface area contributed by atoms with Crippen LogP contribution in [0.15, 0.2) is 61.7 Å². The smallest absolute Gasteiger partial charge is 0.490 e. The van der Waals surface area contributed by atoms with Crippen LogP contribution in [0.2, 0.25) is 0 Å². The quantitative estimate of drug-likeness (QED) is 0.124. The Kier molecular flexibility index (Phi) is 17.3. The predicted molar refractivity (Wildman–Crippen MR) is 164 cm³/mol. The van der Waals surface area contributed by atoms with E-state index in [1.807, 2.05) is 24.3 Å². The minimum absolute atomic E-state index is 0.338. The molecule has 0 atom stereocenters. The molecule has 14 heteroatoms. The van der Waals surface area contributed by atoms with Gasteiger partial charge in [-0.1, -0.05) is 24.3 Å². The number of nitrogens with one attached hydrogen (secondary N) is 2. The highest BCUT2D eigenvalue weighted by Gasteiger charge is 2.38. The maximum atomic E-state index is 12.1. The number of amides is 2. The summed E-state index contributed by atoms with van der Waals surface area (Å²) in [4.78, 5) is 34.2. The lowest BCUT2D eigenvalue weighted by molar-refractivity contribution is -0.192. The molecule has 0 bridgehead atoms. The predicted octanol–water partition coefficient (Wildman–Crippen LogP) is 5.83. The molecule has 0 heterocycles. The van der Waals surface area contributed by atoms with Crippen molar-refractivity contribution in [2.24, 2.45) is 0 Å². The number of unbranched alkanes of at least 4 members (excludes halogenated alkanes) is 1. The molecule has 0 saturated carbocycles. The van der Waals surface area contributed by atoms with E-state index in [9.17, 15) is 27.9 Å². The van der Waals surface area contributed by atoms with Gasteiger partial charge < -0.3 is 35.1 Å². The summed E-state index contributed by atoms with van der Waals surface area (Å²) in [5.41, 5.74) is 2.55.